The Balaban J connectivity index is 1.51. The van der Waals surface area contributed by atoms with Crippen molar-refractivity contribution in [3.63, 3.8) is 0 Å². The number of fused-ring (bicyclic) bond motifs is 1. The molecule has 3 heterocycles. The maximum Gasteiger partial charge on any atom is 0.255 e. The summed E-state index contributed by atoms with van der Waals surface area (Å²) in [6, 6.07) is 20.9. The number of ether oxygens (including phenoxy) is 1. The number of nitrogens with one attached hydrogen (secondary N) is 2. The Bertz CT molecular complexity index is 1370. The number of nitrogens with zero attached hydrogens (tertiary/aromatic N) is 4. The third kappa shape index (κ3) is 4.90. The zero-order chi connectivity index (χ0) is 24.2. The first-order valence-electron chi connectivity index (χ1n) is 11.1. The van der Waals surface area contributed by atoms with Crippen LogP contribution >= 0.6 is 11.8 Å². The van der Waals surface area contributed by atoms with Gasteiger partial charge in [-0.1, -0.05) is 54.2 Å². The number of methoxy groups -OCH3 is 1. The van der Waals surface area contributed by atoms with Gasteiger partial charge in [0.25, 0.3) is 5.91 Å². The summed E-state index contributed by atoms with van der Waals surface area (Å²) in [6.45, 7) is 1.88. The third-order valence-corrected chi connectivity index (χ3v) is 6.53. The molecule has 0 saturated carbocycles. The summed E-state index contributed by atoms with van der Waals surface area (Å²) < 4.78 is 7.23. The van der Waals surface area contributed by atoms with Gasteiger partial charge >= 0.3 is 0 Å². The van der Waals surface area contributed by atoms with Crippen molar-refractivity contribution in [3.8, 4) is 5.75 Å². The van der Waals surface area contributed by atoms with Crippen molar-refractivity contribution in [3.05, 3.63) is 102 Å². The lowest BCUT2D eigenvalue weighted by Crippen LogP contribution is -2.31. The van der Waals surface area contributed by atoms with E-state index in [2.05, 4.69) is 27.8 Å². The minimum Gasteiger partial charge on any atom is -0.497 e. The maximum absolute atomic E-state index is 13.5. The van der Waals surface area contributed by atoms with E-state index in [-0.39, 0.29) is 5.91 Å². The number of amides is 1. The van der Waals surface area contributed by atoms with Crippen molar-refractivity contribution in [2.45, 2.75) is 23.9 Å². The highest BCUT2D eigenvalue weighted by molar-refractivity contribution is 7.98. The molecule has 1 aliphatic rings. The summed E-state index contributed by atoms with van der Waals surface area (Å²) in [5, 5.41) is 11.7. The molecule has 0 spiro atoms. The molecule has 35 heavy (non-hydrogen) atoms. The first kappa shape index (κ1) is 22.7. The van der Waals surface area contributed by atoms with Gasteiger partial charge in [-0.3, -0.25) is 9.78 Å². The number of aromatic nitrogens is 4. The van der Waals surface area contributed by atoms with Crippen LogP contribution < -0.4 is 15.4 Å². The predicted molar refractivity (Wildman–Crippen MR) is 136 cm³/mol. The minimum absolute atomic E-state index is 0.240. The van der Waals surface area contributed by atoms with Crippen LogP contribution in [0.2, 0.25) is 0 Å². The smallest absolute Gasteiger partial charge is 0.255 e. The molecule has 4 aromatic rings. The molecule has 0 fully saturated rings. The number of hydrogen-bond acceptors (Lipinski definition) is 7. The van der Waals surface area contributed by atoms with Crippen LogP contribution in [0.4, 0.5) is 11.6 Å². The summed E-state index contributed by atoms with van der Waals surface area (Å²) >= 11 is 1.55. The number of thioether (sulfide) groups is 1. The van der Waals surface area contributed by atoms with Crippen molar-refractivity contribution >= 4 is 29.3 Å². The number of carbonyl (C=O) groups excluding carboxylic acids is 1. The molecule has 1 aliphatic heterocycles. The van der Waals surface area contributed by atoms with Crippen LogP contribution in [0, 0.1) is 0 Å². The number of benzene rings is 2. The number of pyridine rings is 1. The van der Waals surface area contributed by atoms with Gasteiger partial charge in [-0.15, -0.1) is 5.10 Å². The molecule has 0 saturated heterocycles. The van der Waals surface area contributed by atoms with Gasteiger partial charge in [0.15, 0.2) is 0 Å². The molecule has 0 radical (unpaired) electrons. The Morgan fingerprint density at radius 1 is 1.14 bits per heavy atom. The van der Waals surface area contributed by atoms with Gasteiger partial charge < -0.3 is 15.4 Å². The van der Waals surface area contributed by atoms with Crippen LogP contribution in [0.1, 0.15) is 24.1 Å². The van der Waals surface area contributed by atoms with E-state index < -0.39 is 6.04 Å². The van der Waals surface area contributed by atoms with Crippen LogP contribution in [0.15, 0.2) is 95.6 Å². The number of allylic oxidation sites excluding steroid dienone is 1. The van der Waals surface area contributed by atoms with Crippen LogP contribution in [0.3, 0.4) is 0 Å². The van der Waals surface area contributed by atoms with E-state index in [1.807, 2.05) is 49.4 Å². The number of carbonyl (C=O) groups is 1. The fourth-order valence-corrected chi connectivity index (χ4v) is 4.75. The zero-order valence-corrected chi connectivity index (χ0v) is 20.1. The zero-order valence-electron chi connectivity index (χ0n) is 19.3. The third-order valence-electron chi connectivity index (χ3n) is 5.62. The first-order chi connectivity index (χ1) is 17.1. The molecular weight excluding hydrogens is 460 g/mol. The number of rotatable bonds is 7. The van der Waals surface area contributed by atoms with Gasteiger partial charge in [0.1, 0.15) is 11.8 Å². The van der Waals surface area contributed by atoms with Crippen molar-refractivity contribution < 1.29 is 9.53 Å². The Kier molecular flexibility index (Phi) is 6.49. The molecule has 2 aromatic heterocycles. The van der Waals surface area contributed by atoms with Crippen molar-refractivity contribution in [1.82, 2.24) is 19.7 Å². The Hall–Kier alpha value is -4.11. The molecule has 2 aromatic carbocycles. The van der Waals surface area contributed by atoms with Gasteiger partial charge in [0.05, 0.1) is 24.6 Å². The molecule has 176 valence electrons. The molecule has 1 atom stereocenters. The van der Waals surface area contributed by atoms with Crippen LogP contribution in [-0.2, 0) is 10.5 Å². The standard InChI is InChI=1S/C26H24N6O2S/c1-17-22(24(33)29-20-11-7-13-27-15-20)23(19-10-6-12-21(14-19)34-2)32-25(28-17)30-26(31-32)35-16-18-8-4-3-5-9-18/h3-15,23H,16H2,1-2H3,(H,29,33)(H,28,30,31)/t23-/m1/s1. The quantitative estimate of drug-likeness (QED) is 0.360. The molecule has 0 bridgehead atoms. The molecule has 0 unspecified atom stereocenters. The average molecular weight is 485 g/mol. The monoisotopic (exact) mass is 484 g/mol. The van der Waals surface area contributed by atoms with Crippen LogP contribution in [0.5, 0.6) is 5.75 Å². The van der Waals surface area contributed by atoms with E-state index in [9.17, 15) is 4.79 Å². The Morgan fingerprint density at radius 3 is 2.77 bits per heavy atom. The maximum atomic E-state index is 13.5. The normalized spacial score (nSPS) is 14.7. The second-order valence-corrected chi connectivity index (χ2v) is 8.92. The van der Waals surface area contributed by atoms with Crippen LogP contribution in [-0.4, -0.2) is 32.8 Å². The lowest BCUT2D eigenvalue weighted by Gasteiger charge is -2.28. The predicted octanol–water partition coefficient (Wildman–Crippen LogP) is 4.90. The van der Waals surface area contributed by atoms with Crippen molar-refractivity contribution in [1.29, 1.82) is 0 Å². The highest BCUT2D eigenvalue weighted by atomic mass is 32.2. The lowest BCUT2D eigenvalue weighted by atomic mass is 9.95. The fraction of sp³-hybridized carbons (Fsp3) is 0.154. The van der Waals surface area contributed by atoms with Gasteiger partial charge in [0, 0.05) is 17.6 Å². The number of hydrogen-bond donors (Lipinski definition) is 2. The molecular formula is C26H24N6O2S. The molecule has 2 N–H and O–H groups in total. The van der Waals surface area contributed by atoms with Crippen LogP contribution in [0.25, 0.3) is 0 Å². The summed E-state index contributed by atoms with van der Waals surface area (Å²) in [5.74, 6) is 1.79. The van der Waals surface area contributed by atoms with E-state index >= 15 is 0 Å². The SMILES string of the molecule is COc1cccc([C@@H]2C(C(=O)Nc3cccnc3)=C(C)Nc3nc(SCc4ccccc4)nn32)c1. The topological polar surface area (TPSA) is 94.0 Å². The van der Waals surface area contributed by atoms with Crippen molar-refractivity contribution in [2.24, 2.45) is 0 Å². The summed E-state index contributed by atoms with van der Waals surface area (Å²) in [4.78, 5) is 22.3. The van der Waals surface area contributed by atoms with E-state index in [4.69, 9.17) is 14.8 Å². The molecule has 0 aliphatic carbocycles. The Labute approximate surface area is 207 Å². The highest BCUT2D eigenvalue weighted by Gasteiger charge is 2.34. The van der Waals surface area contributed by atoms with E-state index in [0.717, 1.165) is 11.3 Å². The fourth-order valence-electron chi connectivity index (χ4n) is 3.96. The molecule has 8 nitrogen and oxygen atoms in total. The van der Waals surface area contributed by atoms with Gasteiger partial charge in [-0.05, 0) is 42.3 Å². The van der Waals surface area contributed by atoms with E-state index in [1.54, 1.807) is 48.1 Å². The number of anilines is 2. The second-order valence-electron chi connectivity index (χ2n) is 7.98. The van der Waals surface area contributed by atoms with Gasteiger partial charge in [-0.2, -0.15) is 4.98 Å². The highest BCUT2D eigenvalue weighted by Crippen LogP contribution is 2.38. The molecule has 1 amide bonds. The largest absolute Gasteiger partial charge is 0.497 e. The van der Waals surface area contributed by atoms with E-state index in [0.29, 0.717) is 33.8 Å². The minimum atomic E-state index is -0.489. The average Bonchev–Trinajstić information content (AvgIpc) is 3.30. The summed E-state index contributed by atoms with van der Waals surface area (Å²) in [5.41, 5.74) is 3.92. The van der Waals surface area contributed by atoms with Crippen molar-refractivity contribution in [2.75, 3.05) is 17.7 Å². The van der Waals surface area contributed by atoms with Gasteiger partial charge in [-0.25, -0.2) is 4.68 Å². The van der Waals surface area contributed by atoms with Gasteiger partial charge in [0.2, 0.25) is 11.1 Å². The Morgan fingerprint density at radius 2 is 2.00 bits per heavy atom. The summed E-state index contributed by atoms with van der Waals surface area (Å²) in [6.07, 6.45) is 3.28. The second kappa shape index (κ2) is 10.0. The molecule has 9 heteroatoms. The molecule has 5 rings (SSSR count). The summed E-state index contributed by atoms with van der Waals surface area (Å²) in [7, 11) is 1.62. The lowest BCUT2D eigenvalue weighted by molar-refractivity contribution is -0.113. The van der Waals surface area contributed by atoms with E-state index in [1.165, 1.54) is 5.56 Å². The first-order valence-corrected chi connectivity index (χ1v) is 12.1.